The van der Waals surface area contributed by atoms with Crippen molar-refractivity contribution >= 4 is 17.2 Å². The molecule has 1 aliphatic rings. The van der Waals surface area contributed by atoms with Gasteiger partial charge in [0, 0.05) is 29.6 Å². The molecule has 5 heteroatoms. The normalized spacial score (nSPS) is 14.0. The van der Waals surface area contributed by atoms with Gasteiger partial charge >= 0.3 is 0 Å². The third-order valence-electron chi connectivity index (χ3n) is 3.93. The third-order valence-corrected chi connectivity index (χ3v) is 4.71. The summed E-state index contributed by atoms with van der Waals surface area (Å²) in [4.78, 5) is 13.5. The summed E-state index contributed by atoms with van der Waals surface area (Å²) in [6.45, 7) is 2.78. The Hall–Kier alpha value is -2.27. The zero-order chi connectivity index (χ0) is 15.6. The van der Waals surface area contributed by atoms with Gasteiger partial charge in [0.25, 0.3) is 0 Å². The van der Waals surface area contributed by atoms with Gasteiger partial charge < -0.3 is 5.32 Å². The van der Waals surface area contributed by atoms with E-state index in [0.29, 0.717) is 5.92 Å². The second-order valence-corrected chi connectivity index (χ2v) is 6.94. The summed E-state index contributed by atoms with van der Waals surface area (Å²) in [7, 11) is 0. The summed E-state index contributed by atoms with van der Waals surface area (Å²) in [5.41, 5.74) is 3.43. The lowest BCUT2D eigenvalue weighted by atomic mass is 10.1. The van der Waals surface area contributed by atoms with Crippen LogP contribution in [0, 0.1) is 6.92 Å². The van der Waals surface area contributed by atoms with E-state index in [9.17, 15) is 0 Å². The standard InChI is InChI=1S/C18H18N4S/c1-12-21-16(11-23-12)15-4-2-3-13(9-15)10-20-17-7-8-19-18(22-17)14-5-6-14/h2-4,7-9,11,14H,5-6,10H2,1H3,(H,19,20,22). The van der Waals surface area contributed by atoms with Crippen molar-refractivity contribution in [2.75, 3.05) is 5.32 Å². The van der Waals surface area contributed by atoms with Gasteiger partial charge in [0.2, 0.25) is 0 Å². The molecule has 1 aliphatic carbocycles. The van der Waals surface area contributed by atoms with Crippen LogP contribution in [0.15, 0.2) is 41.9 Å². The van der Waals surface area contributed by atoms with Crippen LogP contribution in [0.2, 0.25) is 0 Å². The summed E-state index contributed by atoms with van der Waals surface area (Å²) < 4.78 is 0. The Balaban J connectivity index is 1.47. The molecule has 1 N–H and O–H groups in total. The van der Waals surface area contributed by atoms with Crippen LogP contribution in [0.1, 0.15) is 35.2 Å². The number of nitrogens with zero attached hydrogens (tertiary/aromatic N) is 3. The van der Waals surface area contributed by atoms with Gasteiger partial charge in [-0.3, -0.25) is 0 Å². The summed E-state index contributed by atoms with van der Waals surface area (Å²) in [5.74, 6) is 2.45. The molecule has 1 saturated carbocycles. The smallest absolute Gasteiger partial charge is 0.133 e. The van der Waals surface area contributed by atoms with Crippen molar-refractivity contribution in [1.82, 2.24) is 15.0 Å². The molecule has 0 bridgehead atoms. The minimum absolute atomic E-state index is 0.577. The largest absolute Gasteiger partial charge is 0.366 e. The van der Waals surface area contributed by atoms with Gasteiger partial charge in [-0.15, -0.1) is 11.3 Å². The van der Waals surface area contributed by atoms with E-state index in [1.165, 1.54) is 18.4 Å². The number of aromatic nitrogens is 3. The van der Waals surface area contributed by atoms with E-state index in [2.05, 4.69) is 49.9 Å². The Kier molecular flexibility index (Phi) is 3.79. The quantitative estimate of drug-likeness (QED) is 0.756. The molecule has 1 aromatic carbocycles. The lowest BCUT2D eigenvalue weighted by molar-refractivity contribution is 0.921. The highest BCUT2D eigenvalue weighted by molar-refractivity contribution is 7.09. The highest BCUT2D eigenvalue weighted by atomic mass is 32.1. The molecule has 4 rings (SSSR count). The van der Waals surface area contributed by atoms with E-state index >= 15 is 0 Å². The molecular weight excluding hydrogens is 304 g/mol. The van der Waals surface area contributed by atoms with E-state index < -0.39 is 0 Å². The number of nitrogens with one attached hydrogen (secondary N) is 1. The number of aryl methyl sites for hydroxylation is 1. The third kappa shape index (κ3) is 3.40. The van der Waals surface area contributed by atoms with Crippen molar-refractivity contribution in [2.24, 2.45) is 0 Å². The zero-order valence-electron chi connectivity index (χ0n) is 13.0. The molecule has 23 heavy (non-hydrogen) atoms. The Morgan fingerprint density at radius 1 is 1.22 bits per heavy atom. The van der Waals surface area contributed by atoms with Crippen LogP contribution < -0.4 is 5.32 Å². The molecular formula is C18H18N4S. The van der Waals surface area contributed by atoms with E-state index in [0.717, 1.165) is 34.5 Å². The molecule has 0 atom stereocenters. The van der Waals surface area contributed by atoms with E-state index in [1.807, 2.05) is 19.2 Å². The van der Waals surface area contributed by atoms with E-state index in [1.54, 1.807) is 11.3 Å². The molecule has 3 aromatic rings. The summed E-state index contributed by atoms with van der Waals surface area (Å²) >= 11 is 1.68. The van der Waals surface area contributed by atoms with Crippen molar-refractivity contribution in [2.45, 2.75) is 32.2 Å². The number of anilines is 1. The fourth-order valence-electron chi connectivity index (χ4n) is 2.54. The molecule has 4 nitrogen and oxygen atoms in total. The Morgan fingerprint density at radius 2 is 2.13 bits per heavy atom. The van der Waals surface area contributed by atoms with E-state index in [-0.39, 0.29) is 0 Å². The topological polar surface area (TPSA) is 50.7 Å². The van der Waals surface area contributed by atoms with Crippen LogP contribution in [0.25, 0.3) is 11.3 Å². The first-order chi connectivity index (χ1) is 11.3. The van der Waals surface area contributed by atoms with Crippen molar-refractivity contribution in [3.63, 3.8) is 0 Å². The molecule has 0 saturated heterocycles. The highest BCUT2D eigenvalue weighted by Crippen LogP contribution is 2.38. The van der Waals surface area contributed by atoms with Gasteiger partial charge in [-0.1, -0.05) is 18.2 Å². The zero-order valence-corrected chi connectivity index (χ0v) is 13.8. The van der Waals surface area contributed by atoms with Gasteiger partial charge in [0.1, 0.15) is 11.6 Å². The summed E-state index contributed by atoms with van der Waals surface area (Å²) in [6, 6.07) is 10.4. The molecule has 1 fully saturated rings. The van der Waals surface area contributed by atoms with Crippen LogP contribution in [-0.4, -0.2) is 15.0 Å². The lowest BCUT2D eigenvalue weighted by Crippen LogP contribution is -2.03. The van der Waals surface area contributed by atoms with Crippen LogP contribution >= 0.6 is 11.3 Å². The molecule has 2 heterocycles. The van der Waals surface area contributed by atoms with Crippen LogP contribution in [0.4, 0.5) is 5.82 Å². The van der Waals surface area contributed by atoms with Crippen LogP contribution in [0.5, 0.6) is 0 Å². The molecule has 0 aliphatic heterocycles. The van der Waals surface area contributed by atoms with Gasteiger partial charge in [0.15, 0.2) is 0 Å². The fraction of sp³-hybridized carbons (Fsp3) is 0.278. The Labute approximate surface area is 139 Å². The number of benzene rings is 1. The first-order valence-electron chi connectivity index (χ1n) is 7.86. The van der Waals surface area contributed by atoms with Crippen molar-refractivity contribution in [3.8, 4) is 11.3 Å². The number of hydrogen-bond acceptors (Lipinski definition) is 5. The maximum atomic E-state index is 4.60. The maximum absolute atomic E-state index is 4.60. The van der Waals surface area contributed by atoms with Crippen molar-refractivity contribution in [3.05, 3.63) is 58.3 Å². The average molecular weight is 322 g/mol. The average Bonchev–Trinajstić information content (AvgIpc) is 3.35. The number of hydrogen-bond donors (Lipinski definition) is 1. The van der Waals surface area contributed by atoms with Gasteiger partial charge in [0.05, 0.1) is 10.7 Å². The molecule has 2 aromatic heterocycles. The van der Waals surface area contributed by atoms with Gasteiger partial charge in [-0.2, -0.15) is 0 Å². The highest BCUT2D eigenvalue weighted by Gasteiger charge is 2.26. The number of thiazole rings is 1. The Bertz CT molecular complexity index is 823. The monoisotopic (exact) mass is 322 g/mol. The molecule has 0 unspecified atom stereocenters. The second kappa shape index (κ2) is 6.08. The van der Waals surface area contributed by atoms with Gasteiger partial charge in [-0.25, -0.2) is 15.0 Å². The minimum Gasteiger partial charge on any atom is -0.366 e. The van der Waals surface area contributed by atoms with E-state index in [4.69, 9.17) is 0 Å². The predicted molar refractivity (Wildman–Crippen MR) is 93.6 cm³/mol. The summed E-state index contributed by atoms with van der Waals surface area (Å²) in [5, 5.41) is 6.60. The lowest BCUT2D eigenvalue weighted by Gasteiger charge is -2.08. The molecule has 116 valence electrons. The van der Waals surface area contributed by atoms with Crippen molar-refractivity contribution in [1.29, 1.82) is 0 Å². The number of rotatable bonds is 5. The predicted octanol–water partition coefficient (Wildman–Crippen LogP) is 4.40. The first kappa shape index (κ1) is 14.3. The fourth-order valence-corrected chi connectivity index (χ4v) is 3.16. The first-order valence-corrected chi connectivity index (χ1v) is 8.74. The van der Waals surface area contributed by atoms with Gasteiger partial charge in [-0.05, 0) is 37.5 Å². The molecule has 0 amide bonds. The second-order valence-electron chi connectivity index (χ2n) is 5.88. The summed E-state index contributed by atoms with van der Waals surface area (Å²) in [6.07, 6.45) is 4.29. The van der Waals surface area contributed by atoms with Crippen molar-refractivity contribution < 1.29 is 0 Å². The Morgan fingerprint density at radius 3 is 2.91 bits per heavy atom. The molecule has 0 radical (unpaired) electrons. The van der Waals surface area contributed by atoms with Crippen LogP contribution in [-0.2, 0) is 6.54 Å². The minimum atomic E-state index is 0.577. The maximum Gasteiger partial charge on any atom is 0.133 e. The van der Waals surface area contributed by atoms with Crippen LogP contribution in [0.3, 0.4) is 0 Å². The SMILES string of the molecule is Cc1nc(-c2cccc(CNc3ccnc(C4CC4)n3)c2)cs1. The molecule has 0 spiro atoms.